The molecule has 0 aliphatic carbocycles. The molecule has 0 bridgehead atoms. The molecule has 8 nitrogen and oxygen atoms in total. The Morgan fingerprint density at radius 1 is 0.180 bits per heavy atom. The van der Waals surface area contributed by atoms with E-state index in [4.69, 9.17) is 18.1 Å². The van der Waals surface area contributed by atoms with Gasteiger partial charge in [0.2, 0.25) is 29.5 Å². The van der Waals surface area contributed by atoms with Crippen LogP contribution >= 0.6 is 29.5 Å². The SMILES string of the molecule is CCCCCCCCP(=O)(CCCCCCCC)OC(C)C.CCCCCCCCP(=O)(CCCCCCCC)OC(C)C.CCCCCCCCP(=O)(CCCCCCCC)OC(C)C.CCCCCCCCP(=O)(CCCCCCCC)OC(C)C.[Ti+4]. The van der Waals surface area contributed by atoms with E-state index in [1.165, 1.54) is 257 Å². The molecule has 536 valence electrons. The topological polar surface area (TPSA) is 105 Å². The fourth-order valence-electron chi connectivity index (χ4n) is 11.5. The van der Waals surface area contributed by atoms with Crippen LogP contribution in [0.15, 0.2) is 0 Å². The standard InChI is InChI=1S/4C19H41O2P.Ti/c4*1-5-7-9-11-13-15-17-22(20,21-19(3)4)18-16-14-12-10-8-6-2;/h4*19H,5-18H2,1-4H3;/q;;;;+4. The molecule has 0 aromatic carbocycles. The Balaban J connectivity index is -0.000000351. The van der Waals surface area contributed by atoms with Crippen LogP contribution in [0.3, 0.4) is 0 Å². The summed E-state index contributed by atoms with van der Waals surface area (Å²) in [7, 11) is -9.55. The molecule has 0 heterocycles. The van der Waals surface area contributed by atoms with Crippen LogP contribution in [0.4, 0.5) is 0 Å². The van der Waals surface area contributed by atoms with Crippen molar-refractivity contribution < 1.29 is 58.1 Å². The molecule has 0 atom stereocenters. The maximum Gasteiger partial charge on any atom is 4.00 e. The van der Waals surface area contributed by atoms with Crippen LogP contribution in [-0.4, -0.2) is 73.7 Å². The van der Waals surface area contributed by atoms with Crippen molar-refractivity contribution in [2.45, 2.75) is 443 Å². The molecule has 0 amide bonds. The van der Waals surface area contributed by atoms with E-state index in [0.717, 1.165) is 101 Å². The van der Waals surface area contributed by atoms with E-state index >= 15 is 0 Å². The Morgan fingerprint density at radius 2 is 0.270 bits per heavy atom. The number of unbranched alkanes of at least 4 members (excludes halogenated alkanes) is 40. The summed E-state index contributed by atoms with van der Waals surface area (Å²) in [5.41, 5.74) is 0. The van der Waals surface area contributed by atoms with Crippen LogP contribution in [0, 0.1) is 0 Å². The van der Waals surface area contributed by atoms with E-state index in [1.807, 2.05) is 55.4 Å². The first-order chi connectivity index (χ1) is 42.2. The van der Waals surface area contributed by atoms with Crippen molar-refractivity contribution >= 4 is 29.5 Å². The van der Waals surface area contributed by atoms with Crippen LogP contribution in [0.1, 0.15) is 419 Å². The molecule has 0 aromatic heterocycles. The monoisotopic (exact) mass is 1380 g/mol. The van der Waals surface area contributed by atoms with Crippen LogP contribution in [0.25, 0.3) is 0 Å². The van der Waals surface area contributed by atoms with Crippen LogP contribution in [-0.2, 0) is 58.1 Å². The predicted molar refractivity (Wildman–Crippen MR) is 401 cm³/mol. The predicted octanol–water partition coefficient (Wildman–Crippen LogP) is 29.6. The Bertz CT molecular complexity index is 1260. The zero-order chi connectivity index (χ0) is 66.7. The Morgan fingerprint density at radius 3 is 0.360 bits per heavy atom. The molecule has 0 aliphatic heterocycles. The summed E-state index contributed by atoms with van der Waals surface area (Å²) >= 11 is 0. The molecular formula is C76H164O8P4Ti+4. The fourth-order valence-corrected chi connectivity index (χ4v) is 21.9. The van der Waals surface area contributed by atoms with Gasteiger partial charge in [0, 0.05) is 49.3 Å². The fraction of sp³-hybridized carbons (Fsp3) is 1.00. The van der Waals surface area contributed by atoms with E-state index in [2.05, 4.69) is 55.4 Å². The minimum Gasteiger partial charge on any atom is -0.326 e. The molecule has 0 saturated carbocycles. The van der Waals surface area contributed by atoms with Crippen LogP contribution in [0.5, 0.6) is 0 Å². The summed E-state index contributed by atoms with van der Waals surface area (Å²) in [6.07, 6.45) is 66.8. The van der Waals surface area contributed by atoms with Crippen molar-refractivity contribution in [3.05, 3.63) is 0 Å². The quantitative estimate of drug-likeness (QED) is 0.0337. The normalized spacial score (nSPS) is 12.1. The average molecular weight is 1380 g/mol. The second-order valence-corrected chi connectivity index (χ2v) is 38.7. The van der Waals surface area contributed by atoms with E-state index in [-0.39, 0.29) is 46.1 Å². The summed E-state index contributed by atoms with van der Waals surface area (Å²) in [5, 5.41) is 0. The van der Waals surface area contributed by atoms with Gasteiger partial charge in [-0.2, -0.15) is 0 Å². The summed E-state index contributed by atoms with van der Waals surface area (Å²) in [5.74, 6) is 0. The van der Waals surface area contributed by atoms with Crippen molar-refractivity contribution in [2.24, 2.45) is 0 Å². The van der Waals surface area contributed by atoms with E-state index < -0.39 is 29.5 Å². The molecule has 0 rings (SSSR count). The van der Waals surface area contributed by atoms with Gasteiger partial charge in [-0.15, -0.1) is 0 Å². The van der Waals surface area contributed by atoms with Gasteiger partial charge in [0.25, 0.3) is 0 Å². The first-order valence-electron chi connectivity index (χ1n) is 39.2. The van der Waals surface area contributed by atoms with Gasteiger partial charge in [-0.05, 0) is 107 Å². The molecule has 0 spiro atoms. The number of hydrogen-bond acceptors (Lipinski definition) is 8. The second kappa shape index (κ2) is 73.7. The average Bonchev–Trinajstić information content (AvgIpc) is 3.63. The Hall–Kier alpha value is 1.47. The molecular weight excluding hydrogens is 1210 g/mol. The third kappa shape index (κ3) is 78.4. The molecule has 0 N–H and O–H groups in total. The zero-order valence-electron chi connectivity index (χ0n) is 63.5. The summed E-state index contributed by atoms with van der Waals surface area (Å²) in [6, 6.07) is 0. The number of rotatable bonds is 64. The van der Waals surface area contributed by atoms with Crippen molar-refractivity contribution in [3.8, 4) is 0 Å². The van der Waals surface area contributed by atoms with Crippen molar-refractivity contribution in [2.75, 3.05) is 49.3 Å². The maximum absolute atomic E-state index is 13.0. The van der Waals surface area contributed by atoms with E-state index in [1.54, 1.807) is 0 Å². The molecule has 0 aromatic rings. The van der Waals surface area contributed by atoms with Gasteiger partial charge >= 0.3 is 21.7 Å². The summed E-state index contributed by atoms with van der Waals surface area (Å²) < 4.78 is 75.3. The third-order valence-corrected chi connectivity index (χ3v) is 27.6. The molecule has 0 aliphatic rings. The Kier molecular flexibility index (Phi) is 82.1. The van der Waals surface area contributed by atoms with Gasteiger partial charge in [-0.1, -0.05) is 312 Å². The summed E-state index contributed by atoms with van der Waals surface area (Å²) in [4.78, 5) is 0. The Labute approximate surface area is 576 Å². The molecule has 0 fully saturated rings. The first kappa shape index (κ1) is 99.1. The van der Waals surface area contributed by atoms with E-state index in [0.29, 0.717) is 0 Å². The van der Waals surface area contributed by atoms with Crippen LogP contribution < -0.4 is 0 Å². The smallest absolute Gasteiger partial charge is 0.326 e. The maximum atomic E-state index is 13.0. The molecule has 0 unspecified atom stereocenters. The van der Waals surface area contributed by atoms with Gasteiger partial charge in [0.05, 0.1) is 24.4 Å². The largest absolute Gasteiger partial charge is 4.00 e. The minimum atomic E-state index is -2.39. The molecule has 0 radical (unpaired) electrons. The second-order valence-electron chi connectivity index (χ2n) is 27.8. The first-order valence-corrected chi connectivity index (χ1v) is 47.2. The van der Waals surface area contributed by atoms with Crippen molar-refractivity contribution in [3.63, 3.8) is 0 Å². The third-order valence-electron chi connectivity index (χ3n) is 16.4. The minimum absolute atomic E-state index is 0. The van der Waals surface area contributed by atoms with Gasteiger partial charge < -0.3 is 18.1 Å². The van der Waals surface area contributed by atoms with Crippen molar-refractivity contribution in [1.82, 2.24) is 0 Å². The van der Waals surface area contributed by atoms with Gasteiger partial charge in [0.15, 0.2) is 0 Å². The molecule has 89 heavy (non-hydrogen) atoms. The van der Waals surface area contributed by atoms with Crippen LogP contribution in [0.2, 0.25) is 0 Å². The zero-order valence-corrected chi connectivity index (χ0v) is 68.6. The molecule has 13 heteroatoms. The van der Waals surface area contributed by atoms with E-state index in [9.17, 15) is 18.3 Å². The van der Waals surface area contributed by atoms with Gasteiger partial charge in [-0.3, -0.25) is 18.3 Å². The number of hydrogen-bond donors (Lipinski definition) is 0. The van der Waals surface area contributed by atoms with Crippen molar-refractivity contribution in [1.29, 1.82) is 0 Å². The van der Waals surface area contributed by atoms with Gasteiger partial charge in [-0.25, -0.2) is 0 Å². The summed E-state index contributed by atoms with van der Waals surface area (Å²) in [6.45, 7) is 34.0. The molecule has 0 saturated heterocycles. The van der Waals surface area contributed by atoms with Gasteiger partial charge in [0.1, 0.15) is 0 Å².